The molecule has 8 heteroatoms. The van der Waals surface area contributed by atoms with E-state index in [0.29, 0.717) is 38.5 Å². The molecule has 7 nitrogen and oxygen atoms in total. The van der Waals surface area contributed by atoms with Crippen molar-refractivity contribution in [3.63, 3.8) is 0 Å². The highest BCUT2D eigenvalue weighted by Crippen LogP contribution is 2.21. The van der Waals surface area contributed by atoms with Gasteiger partial charge >= 0.3 is 0 Å². The zero-order valence-corrected chi connectivity index (χ0v) is 21.2. The minimum atomic E-state index is -1.26. The molecule has 196 valence electrons. The van der Waals surface area contributed by atoms with Crippen molar-refractivity contribution < 1.29 is 23.8 Å². The maximum atomic E-state index is 13.2. The van der Waals surface area contributed by atoms with Crippen molar-refractivity contribution >= 4 is 5.91 Å². The van der Waals surface area contributed by atoms with E-state index in [2.05, 4.69) is 21.9 Å². The van der Waals surface area contributed by atoms with E-state index in [9.17, 15) is 14.3 Å². The van der Waals surface area contributed by atoms with Gasteiger partial charge < -0.3 is 19.5 Å². The van der Waals surface area contributed by atoms with Crippen molar-refractivity contribution in [1.82, 2.24) is 14.7 Å². The number of piperidine rings is 1. The molecule has 0 spiro atoms. The lowest BCUT2D eigenvalue weighted by Gasteiger charge is -2.32. The fourth-order valence-corrected chi connectivity index (χ4v) is 4.91. The van der Waals surface area contributed by atoms with Crippen LogP contribution in [0.2, 0.25) is 0 Å². The third-order valence-electron chi connectivity index (χ3n) is 6.91. The van der Waals surface area contributed by atoms with Crippen LogP contribution in [0, 0.1) is 5.82 Å². The molecule has 0 aliphatic carbocycles. The maximum absolute atomic E-state index is 13.2. The van der Waals surface area contributed by atoms with Crippen LogP contribution in [0.5, 0.6) is 11.5 Å². The Kier molecular flexibility index (Phi) is 9.18. The normalized spacial score (nSPS) is 21.7. The molecular weight excluding hydrogens is 461 g/mol. The average Bonchev–Trinajstić information content (AvgIpc) is 3.04. The van der Waals surface area contributed by atoms with Gasteiger partial charge in [0.25, 0.3) is 0 Å². The van der Waals surface area contributed by atoms with E-state index >= 15 is 0 Å². The van der Waals surface area contributed by atoms with Gasteiger partial charge in [0.2, 0.25) is 5.91 Å². The SMILES string of the molecule is CC(=O)N1CCN(Cc2ccc(OCCN3CCCCC3)cc2)CC(O)(COc2ccc(F)cc2)C1. The van der Waals surface area contributed by atoms with Gasteiger partial charge in [-0.05, 0) is 67.9 Å². The van der Waals surface area contributed by atoms with Gasteiger partial charge in [-0.2, -0.15) is 0 Å². The van der Waals surface area contributed by atoms with Gasteiger partial charge in [0.15, 0.2) is 0 Å². The molecule has 2 aliphatic heterocycles. The molecule has 4 rings (SSSR count). The van der Waals surface area contributed by atoms with E-state index in [-0.39, 0.29) is 24.9 Å². The third kappa shape index (κ3) is 7.91. The highest BCUT2D eigenvalue weighted by molar-refractivity contribution is 5.73. The number of amides is 1. The van der Waals surface area contributed by atoms with Crippen LogP contribution in [0.25, 0.3) is 0 Å². The van der Waals surface area contributed by atoms with Gasteiger partial charge in [0.05, 0.1) is 6.54 Å². The van der Waals surface area contributed by atoms with Crippen LogP contribution < -0.4 is 9.47 Å². The number of β-amino-alcohol motifs (C(OH)–C–C–N with tert-alkyl or cyclic N) is 1. The number of halogens is 1. The van der Waals surface area contributed by atoms with Crippen LogP contribution in [-0.2, 0) is 11.3 Å². The van der Waals surface area contributed by atoms with Crippen LogP contribution in [0.1, 0.15) is 31.7 Å². The third-order valence-corrected chi connectivity index (χ3v) is 6.91. The number of aliphatic hydroxyl groups is 1. The topological polar surface area (TPSA) is 65.5 Å². The highest BCUT2D eigenvalue weighted by atomic mass is 19.1. The molecule has 1 unspecified atom stereocenters. The number of rotatable bonds is 9. The summed E-state index contributed by atoms with van der Waals surface area (Å²) in [7, 11) is 0. The van der Waals surface area contributed by atoms with Crippen molar-refractivity contribution in [2.75, 3.05) is 59.0 Å². The fourth-order valence-electron chi connectivity index (χ4n) is 4.91. The number of ether oxygens (including phenoxy) is 2. The Balaban J connectivity index is 1.32. The molecule has 36 heavy (non-hydrogen) atoms. The first-order valence-corrected chi connectivity index (χ1v) is 12.9. The number of hydrogen-bond acceptors (Lipinski definition) is 6. The Morgan fingerprint density at radius 1 is 0.889 bits per heavy atom. The van der Waals surface area contributed by atoms with Gasteiger partial charge in [0.1, 0.15) is 36.1 Å². The lowest BCUT2D eigenvalue weighted by Crippen LogP contribution is -2.51. The summed E-state index contributed by atoms with van der Waals surface area (Å²) in [4.78, 5) is 18.4. The summed E-state index contributed by atoms with van der Waals surface area (Å²) in [6, 6.07) is 13.8. The van der Waals surface area contributed by atoms with E-state index in [4.69, 9.17) is 9.47 Å². The predicted octanol–water partition coefficient (Wildman–Crippen LogP) is 3.16. The van der Waals surface area contributed by atoms with E-state index in [1.54, 1.807) is 4.90 Å². The molecule has 1 amide bonds. The molecule has 2 saturated heterocycles. The second kappa shape index (κ2) is 12.5. The maximum Gasteiger partial charge on any atom is 0.219 e. The summed E-state index contributed by atoms with van der Waals surface area (Å²) in [6.07, 6.45) is 3.90. The minimum Gasteiger partial charge on any atom is -0.492 e. The van der Waals surface area contributed by atoms with Crippen LogP contribution in [0.3, 0.4) is 0 Å². The van der Waals surface area contributed by atoms with E-state index in [0.717, 1.165) is 17.9 Å². The predicted molar refractivity (Wildman–Crippen MR) is 137 cm³/mol. The Hall–Kier alpha value is -2.68. The van der Waals surface area contributed by atoms with Crippen LogP contribution in [-0.4, -0.2) is 90.3 Å². The van der Waals surface area contributed by atoms with E-state index in [1.807, 2.05) is 12.1 Å². The molecule has 2 fully saturated rings. The van der Waals surface area contributed by atoms with Gasteiger partial charge in [-0.25, -0.2) is 4.39 Å². The smallest absolute Gasteiger partial charge is 0.219 e. The van der Waals surface area contributed by atoms with Crippen molar-refractivity contribution in [3.8, 4) is 11.5 Å². The van der Waals surface area contributed by atoms with E-state index in [1.165, 1.54) is 63.5 Å². The second-order valence-corrected chi connectivity index (χ2v) is 10.0. The Labute approximate surface area is 213 Å². The average molecular weight is 500 g/mol. The second-order valence-electron chi connectivity index (χ2n) is 10.0. The Morgan fingerprint density at radius 3 is 2.25 bits per heavy atom. The lowest BCUT2D eigenvalue weighted by molar-refractivity contribution is -0.132. The zero-order valence-electron chi connectivity index (χ0n) is 21.2. The van der Waals surface area contributed by atoms with Crippen molar-refractivity contribution in [2.24, 2.45) is 0 Å². The first kappa shape index (κ1) is 26.4. The molecule has 1 N–H and O–H groups in total. The fraction of sp³-hybridized carbons (Fsp3) is 0.536. The Bertz CT molecular complexity index is 966. The summed E-state index contributed by atoms with van der Waals surface area (Å²) in [6.45, 7) is 7.85. The van der Waals surface area contributed by atoms with Gasteiger partial charge in [-0.3, -0.25) is 14.6 Å². The van der Waals surface area contributed by atoms with Crippen molar-refractivity contribution in [2.45, 2.75) is 38.3 Å². The lowest BCUT2D eigenvalue weighted by atomic mass is 10.0. The molecule has 0 saturated carbocycles. The summed E-state index contributed by atoms with van der Waals surface area (Å²) in [5.74, 6) is 0.912. The van der Waals surface area contributed by atoms with Crippen LogP contribution in [0.4, 0.5) is 4.39 Å². The van der Waals surface area contributed by atoms with Crippen molar-refractivity contribution in [1.29, 1.82) is 0 Å². The standard InChI is InChI=1S/C28H38FN3O4/c1-23(33)32-16-15-31(20-28(34,21-32)22-36-27-11-7-25(29)8-12-27)19-24-5-9-26(10-6-24)35-18-17-30-13-3-2-4-14-30/h5-12,34H,2-4,13-22H2,1H3. The largest absolute Gasteiger partial charge is 0.492 e. The molecule has 0 aromatic heterocycles. The molecule has 2 aromatic carbocycles. The quantitative estimate of drug-likeness (QED) is 0.572. The van der Waals surface area contributed by atoms with Crippen LogP contribution in [0.15, 0.2) is 48.5 Å². The summed E-state index contributed by atoms with van der Waals surface area (Å²) >= 11 is 0. The molecule has 1 atom stereocenters. The Morgan fingerprint density at radius 2 is 1.56 bits per heavy atom. The number of benzene rings is 2. The highest BCUT2D eigenvalue weighted by Gasteiger charge is 2.36. The zero-order chi connectivity index (χ0) is 25.4. The molecule has 0 radical (unpaired) electrons. The van der Waals surface area contributed by atoms with Gasteiger partial charge in [-0.1, -0.05) is 18.6 Å². The number of carbonyl (C=O) groups excluding carboxylic acids is 1. The molecule has 2 aliphatic rings. The van der Waals surface area contributed by atoms with Gasteiger partial charge in [0, 0.05) is 39.6 Å². The van der Waals surface area contributed by atoms with Gasteiger partial charge in [-0.15, -0.1) is 0 Å². The number of carbonyl (C=O) groups is 1. The summed E-state index contributed by atoms with van der Waals surface area (Å²) in [5, 5.41) is 11.4. The van der Waals surface area contributed by atoms with E-state index < -0.39 is 5.60 Å². The number of hydrogen-bond donors (Lipinski definition) is 1. The van der Waals surface area contributed by atoms with Crippen molar-refractivity contribution in [3.05, 3.63) is 59.9 Å². The molecule has 0 bridgehead atoms. The minimum absolute atomic E-state index is 0.00269. The molecular formula is C28H38FN3O4. The first-order valence-electron chi connectivity index (χ1n) is 12.9. The number of likely N-dealkylation sites (tertiary alicyclic amines) is 1. The molecule has 2 aromatic rings. The first-order chi connectivity index (χ1) is 17.4. The summed E-state index contributed by atoms with van der Waals surface area (Å²) < 4.78 is 24.9. The summed E-state index contributed by atoms with van der Waals surface area (Å²) in [5.41, 5.74) is -0.148. The molecule has 2 heterocycles. The number of nitrogens with zero attached hydrogens (tertiary/aromatic N) is 3. The monoisotopic (exact) mass is 499 g/mol. The van der Waals surface area contributed by atoms with Crippen LogP contribution >= 0.6 is 0 Å².